The van der Waals surface area contributed by atoms with Crippen LogP contribution in [-0.2, 0) is 4.74 Å². The highest BCUT2D eigenvalue weighted by atomic mass is 16.5. The second kappa shape index (κ2) is 5.59. The van der Waals surface area contributed by atoms with Crippen molar-refractivity contribution >= 4 is 0 Å². The van der Waals surface area contributed by atoms with E-state index in [0.29, 0.717) is 0 Å². The molecule has 0 unspecified atom stereocenters. The fourth-order valence-corrected chi connectivity index (χ4v) is 1.72. The van der Waals surface area contributed by atoms with E-state index in [1.807, 2.05) is 21.0 Å². The Bertz CT molecular complexity index is 76.9. The first-order valence-corrected chi connectivity index (χ1v) is 4.88. The molecule has 0 aromatic rings. The highest BCUT2D eigenvalue weighted by Gasteiger charge is 2.31. The summed E-state index contributed by atoms with van der Waals surface area (Å²) in [5.74, 6) is 0. The number of ether oxygens (including phenoxy) is 1. The van der Waals surface area contributed by atoms with Crippen molar-refractivity contribution in [1.82, 2.24) is 0 Å². The molecule has 0 aliphatic heterocycles. The van der Waals surface area contributed by atoms with Gasteiger partial charge < -0.3 is 4.74 Å². The van der Waals surface area contributed by atoms with Gasteiger partial charge in [-0.2, -0.15) is 0 Å². The average Bonchev–Trinajstić information content (AvgIpc) is 2.57. The lowest BCUT2D eigenvalue weighted by Crippen LogP contribution is -2.25. The fraction of sp³-hybridized carbons (Fsp3) is 1.00. The second-order valence-corrected chi connectivity index (χ2v) is 2.95. The molecule has 68 valence electrons. The maximum absolute atomic E-state index is 5.45. The topological polar surface area (TPSA) is 9.23 Å². The Morgan fingerprint density at radius 2 is 1.64 bits per heavy atom. The number of hydrogen-bond donors (Lipinski definition) is 0. The molecule has 0 spiro atoms. The van der Waals surface area contributed by atoms with Crippen molar-refractivity contribution in [2.45, 2.75) is 58.5 Å². The van der Waals surface area contributed by atoms with E-state index >= 15 is 0 Å². The van der Waals surface area contributed by atoms with Gasteiger partial charge in [-0.25, -0.2) is 0 Å². The van der Waals surface area contributed by atoms with Crippen molar-refractivity contribution in [2.24, 2.45) is 0 Å². The normalized spacial score (nSPS) is 20.7. The number of methoxy groups -OCH3 is 1. The third-order valence-corrected chi connectivity index (χ3v) is 2.59. The van der Waals surface area contributed by atoms with Crippen LogP contribution in [0, 0.1) is 0 Å². The van der Waals surface area contributed by atoms with E-state index in [-0.39, 0.29) is 5.60 Å². The lowest BCUT2D eigenvalue weighted by atomic mass is 9.99. The SMILES string of the molecule is CC.CCC1(OC)CCCC1. The molecule has 0 atom stereocenters. The molecule has 1 aliphatic carbocycles. The Kier molecular flexibility index (Phi) is 5.57. The molecule has 0 radical (unpaired) electrons. The van der Waals surface area contributed by atoms with Gasteiger partial charge in [-0.1, -0.05) is 33.6 Å². The smallest absolute Gasteiger partial charge is 0.0676 e. The van der Waals surface area contributed by atoms with Crippen LogP contribution in [0.25, 0.3) is 0 Å². The molecule has 1 fully saturated rings. The summed E-state index contributed by atoms with van der Waals surface area (Å²) in [6.45, 7) is 6.22. The standard InChI is InChI=1S/C8H16O.C2H6/c1-3-8(9-2)6-4-5-7-8;1-2/h3-7H2,1-2H3;1-2H3. The maximum atomic E-state index is 5.45. The fourth-order valence-electron chi connectivity index (χ4n) is 1.72. The molecule has 11 heavy (non-hydrogen) atoms. The van der Waals surface area contributed by atoms with E-state index in [1.54, 1.807) is 0 Å². The predicted octanol–water partition coefficient (Wildman–Crippen LogP) is 3.38. The van der Waals surface area contributed by atoms with Crippen molar-refractivity contribution in [3.8, 4) is 0 Å². The zero-order chi connectivity index (χ0) is 8.74. The van der Waals surface area contributed by atoms with Gasteiger partial charge in [0.15, 0.2) is 0 Å². The van der Waals surface area contributed by atoms with Crippen molar-refractivity contribution in [3.05, 3.63) is 0 Å². The Hall–Kier alpha value is -0.0400. The zero-order valence-electron chi connectivity index (χ0n) is 8.44. The lowest BCUT2D eigenvalue weighted by molar-refractivity contribution is -0.00722. The first-order chi connectivity index (χ1) is 5.33. The summed E-state index contributed by atoms with van der Waals surface area (Å²) in [4.78, 5) is 0. The van der Waals surface area contributed by atoms with Gasteiger partial charge in [-0.05, 0) is 19.3 Å². The molecular weight excluding hydrogens is 136 g/mol. The van der Waals surface area contributed by atoms with Gasteiger partial charge >= 0.3 is 0 Å². The van der Waals surface area contributed by atoms with E-state index in [0.717, 1.165) is 0 Å². The molecule has 0 saturated heterocycles. The molecule has 0 bridgehead atoms. The summed E-state index contributed by atoms with van der Waals surface area (Å²) >= 11 is 0. The van der Waals surface area contributed by atoms with Crippen LogP contribution < -0.4 is 0 Å². The Morgan fingerprint density at radius 3 is 1.82 bits per heavy atom. The van der Waals surface area contributed by atoms with E-state index < -0.39 is 0 Å². The molecule has 1 heteroatoms. The van der Waals surface area contributed by atoms with Crippen molar-refractivity contribution in [1.29, 1.82) is 0 Å². The predicted molar refractivity (Wildman–Crippen MR) is 49.8 cm³/mol. The Morgan fingerprint density at radius 1 is 1.18 bits per heavy atom. The molecular formula is C10H22O. The van der Waals surface area contributed by atoms with Crippen LogP contribution in [0.15, 0.2) is 0 Å². The summed E-state index contributed by atoms with van der Waals surface area (Å²) in [5.41, 5.74) is 0.278. The highest BCUT2D eigenvalue weighted by molar-refractivity contribution is 4.84. The molecule has 0 amide bonds. The van der Waals surface area contributed by atoms with Gasteiger partial charge in [0.25, 0.3) is 0 Å². The highest BCUT2D eigenvalue weighted by Crippen LogP contribution is 2.34. The van der Waals surface area contributed by atoms with Gasteiger partial charge in [-0.15, -0.1) is 0 Å². The van der Waals surface area contributed by atoms with Crippen LogP contribution in [0.2, 0.25) is 0 Å². The van der Waals surface area contributed by atoms with Crippen LogP contribution in [-0.4, -0.2) is 12.7 Å². The first-order valence-electron chi connectivity index (χ1n) is 4.88. The van der Waals surface area contributed by atoms with Gasteiger partial charge in [-0.3, -0.25) is 0 Å². The Labute approximate surface area is 71.1 Å². The minimum Gasteiger partial charge on any atom is -0.378 e. The molecule has 1 rings (SSSR count). The third-order valence-electron chi connectivity index (χ3n) is 2.59. The average molecular weight is 158 g/mol. The summed E-state index contributed by atoms with van der Waals surface area (Å²) in [6.07, 6.45) is 6.47. The van der Waals surface area contributed by atoms with Crippen LogP contribution in [0.1, 0.15) is 52.9 Å². The zero-order valence-corrected chi connectivity index (χ0v) is 8.44. The van der Waals surface area contributed by atoms with Gasteiger partial charge in [0.1, 0.15) is 0 Å². The van der Waals surface area contributed by atoms with E-state index in [2.05, 4.69) is 6.92 Å². The van der Waals surface area contributed by atoms with Gasteiger partial charge in [0.05, 0.1) is 5.60 Å². The number of hydrogen-bond acceptors (Lipinski definition) is 1. The minimum absolute atomic E-state index is 0.278. The maximum Gasteiger partial charge on any atom is 0.0676 e. The first kappa shape index (κ1) is 11.0. The molecule has 0 N–H and O–H groups in total. The molecule has 0 heterocycles. The largest absolute Gasteiger partial charge is 0.378 e. The van der Waals surface area contributed by atoms with E-state index in [9.17, 15) is 0 Å². The van der Waals surface area contributed by atoms with Crippen molar-refractivity contribution in [2.75, 3.05) is 7.11 Å². The molecule has 0 aromatic heterocycles. The summed E-state index contributed by atoms with van der Waals surface area (Å²) in [7, 11) is 1.84. The quantitative estimate of drug-likeness (QED) is 0.598. The Balaban J connectivity index is 0.000000461. The molecule has 0 aromatic carbocycles. The van der Waals surface area contributed by atoms with Crippen LogP contribution >= 0.6 is 0 Å². The van der Waals surface area contributed by atoms with Crippen LogP contribution in [0.5, 0.6) is 0 Å². The summed E-state index contributed by atoms with van der Waals surface area (Å²) in [6, 6.07) is 0. The van der Waals surface area contributed by atoms with Crippen LogP contribution in [0.4, 0.5) is 0 Å². The summed E-state index contributed by atoms with van der Waals surface area (Å²) < 4.78 is 5.45. The number of rotatable bonds is 2. The van der Waals surface area contributed by atoms with Gasteiger partial charge in [0.2, 0.25) is 0 Å². The van der Waals surface area contributed by atoms with Crippen molar-refractivity contribution in [3.63, 3.8) is 0 Å². The van der Waals surface area contributed by atoms with Gasteiger partial charge in [0, 0.05) is 7.11 Å². The van der Waals surface area contributed by atoms with Crippen molar-refractivity contribution < 1.29 is 4.74 Å². The molecule has 1 nitrogen and oxygen atoms in total. The lowest BCUT2D eigenvalue weighted by Gasteiger charge is -2.25. The monoisotopic (exact) mass is 158 g/mol. The minimum atomic E-state index is 0.278. The van der Waals surface area contributed by atoms with E-state index in [1.165, 1.54) is 32.1 Å². The molecule has 1 aliphatic rings. The summed E-state index contributed by atoms with van der Waals surface area (Å²) in [5, 5.41) is 0. The third kappa shape index (κ3) is 2.82. The van der Waals surface area contributed by atoms with E-state index in [4.69, 9.17) is 4.74 Å². The second-order valence-electron chi connectivity index (χ2n) is 2.95. The molecule has 1 saturated carbocycles. The van der Waals surface area contributed by atoms with Crippen LogP contribution in [0.3, 0.4) is 0 Å².